The average molecular weight is 568 g/mol. The quantitative estimate of drug-likeness (QED) is 0.280. The van der Waals surface area contributed by atoms with Crippen molar-refractivity contribution < 1.29 is 4.39 Å². The predicted molar refractivity (Wildman–Crippen MR) is 147 cm³/mol. The van der Waals surface area contributed by atoms with Crippen LogP contribution in [0.5, 0.6) is 0 Å². The van der Waals surface area contributed by atoms with Crippen LogP contribution in [0.1, 0.15) is 42.0 Å². The first-order valence-electron chi connectivity index (χ1n) is 11.7. The van der Waals surface area contributed by atoms with Gasteiger partial charge in [-0.15, -0.1) is 24.0 Å². The molecule has 0 unspecified atom stereocenters. The van der Waals surface area contributed by atoms with Crippen molar-refractivity contribution in [2.45, 2.75) is 52.4 Å². The summed E-state index contributed by atoms with van der Waals surface area (Å²) in [5.41, 5.74) is 4.51. The van der Waals surface area contributed by atoms with Crippen LogP contribution in [0.4, 0.5) is 4.39 Å². The molecule has 1 aliphatic rings. The molecule has 1 saturated heterocycles. The van der Waals surface area contributed by atoms with Gasteiger partial charge in [0, 0.05) is 44.3 Å². The summed E-state index contributed by atoms with van der Waals surface area (Å²) in [6.07, 6.45) is 2.19. The van der Waals surface area contributed by atoms with Crippen molar-refractivity contribution in [3.05, 3.63) is 70.5 Å². The van der Waals surface area contributed by atoms with Gasteiger partial charge in [-0.3, -0.25) is 4.90 Å². The highest BCUT2D eigenvalue weighted by Gasteiger charge is 2.20. The van der Waals surface area contributed by atoms with Crippen LogP contribution in [0.15, 0.2) is 47.5 Å². The molecule has 1 heterocycles. The molecule has 2 N–H and O–H groups in total. The lowest BCUT2D eigenvalue weighted by Gasteiger charge is -2.33. The smallest absolute Gasteiger partial charge is 0.191 e. The zero-order valence-corrected chi connectivity index (χ0v) is 22.7. The number of aliphatic imine (C=N–C) groups is 1. The standard InChI is InChI=1S/C26H38FN5.HI/c1-5-28-26(29-17-21-10-11-25(27)23(16-21)18-31(3)4)30-24-12-14-32(15-13-24)19-22-9-7-6-8-20(22)2;/h6-11,16,24H,5,12-15,17-19H2,1-4H3,(H2,28,29,30);1H. The Balaban J connectivity index is 0.00000385. The molecule has 0 aromatic heterocycles. The average Bonchev–Trinajstić information content (AvgIpc) is 2.77. The maximum absolute atomic E-state index is 14.1. The number of likely N-dealkylation sites (tertiary alicyclic amines) is 1. The first kappa shape index (κ1) is 27.5. The largest absolute Gasteiger partial charge is 0.357 e. The van der Waals surface area contributed by atoms with Gasteiger partial charge in [-0.05, 0) is 69.6 Å². The number of piperidine rings is 1. The van der Waals surface area contributed by atoms with Gasteiger partial charge in [0.2, 0.25) is 0 Å². The molecule has 0 spiro atoms. The Labute approximate surface area is 215 Å². The van der Waals surface area contributed by atoms with E-state index in [4.69, 9.17) is 4.99 Å². The SMILES string of the molecule is CCNC(=NCc1ccc(F)c(CN(C)C)c1)NC1CCN(Cc2ccccc2C)CC1.I. The number of nitrogens with one attached hydrogen (secondary N) is 2. The summed E-state index contributed by atoms with van der Waals surface area (Å²) in [6.45, 7) is 9.38. The van der Waals surface area contributed by atoms with E-state index in [1.165, 1.54) is 11.1 Å². The first-order valence-corrected chi connectivity index (χ1v) is 11.7. The lowest BCUT2D eigenvalue weighted by Crippen LogP contribution is -2.48. The summed E-state index contributed by atoms with van der Waals surface area (Å²) in [6, 6.07) is 14.4. The molecule has 0 aliphatic carbocycles. The Kier molecular flexibility index (Phi) is 11.6. The minimum absolute atomic E-state index is 0. The van der Waals surface area contributed by atoms with E-state index >= 15 is 0 Å². The van der Waals surface area contributed by atoms with Crippen LogP contribution in [0.2, 0.25) is 0 Å². The van der Waals surface area contributed by atoms with E-state index in [-0.39, 0.29) is 29.8 Å². The van der Waals surface area contributed by atoms with Crippen molar-refractivity contribution >= 4 is 29.9 Å². The van der Waals surface area contributed by atoms with E-state index in [1.54, 1.807) is 6.07 Å². The van der Waals surface area contributed by atoms with Crippen LogP contribution in [-0.4, -0.2) is 55.5 Å². The second-order valence-electron chi connectivity index (χ2n) is 8.98. The summed E-state index contributed by atoms with van der Waals surface area (Å²) in [5.74, 6) is 0.678. The van der Waals surface area contributed by atoms with E-state index in [2.05, 4.69) is 53.6 Å². The lowest BCUT2D eigenvalue weighted by atomic mass is 10.0. The van der Waals surface area contributed by atoms with Crippen molar-refractivity contribution in [2.75, 3.05) is 33.7 Å². The highest BCUT2D eigenvalue weighted by Crippen LogP contribution is 2.17. The summed E-state index contributed by atoms with van der Waals surface area (Å²) >= 11 is 0. The normalized spacial score (nSPS) is 15.4. The van der Waals surface area contributed by atoms with Gasteiger partial charge in [-0.2, -0.15) is 0 Å². The first-order chi connectivity index (χ1) is 15.4. The van der Waals surface area contributed by atoms with Gasteiger partial charge in [-0.25, -0.2) is 9.38 Å². The molecule has 2 aromatic rings. The molecule has 5 nitrogen and oxygen atoms in total. The number of guanidine groups is 1. The van der Waals surface area contributed by atoms with Crippen LogP contribution in [-0.2, 0) is 19.6 Å². The molecule has 7 heteroatoms. The van der Waals surface area contributed by atoms with Gasteiger partial charge in [-0.1, -0.05) is 30.3 Å². The van der Waals surface area contributed by atoms with Crippen LogP contribution >= 0.6 is 24.0 Å². The molecule has 0 atom stereocenters. The molecule has 0 saturated carbocycles. The second kappa shape index (κ2) is 13.9. The minimum Gasteiger partial charge on any atom is -0.357 e. The Bertz CT molecular complexity index is 894. The van der Waals surface area contributed by atoms with E-state index in [0.29, 0.717) is 24.7 Å². The minimum atomic E-state index is -0.158. The molecule has 2 aromatic carbocycles. The molecule has 0 amide bonds. The zero-order valence-electron chi connectivity index (χ0n) is 20.4. The molecule has 3 rings (SSSR count). The number of benzene rings is 2. The maximum Gasteiger partial charge on any atom is 0.191 e. The fraction of sp³-hybridized carbons (Fsp3) is 0.500. The zero-order chi connectivity index (χ0) is 22.9. The van der Waals surface area contributed by atoms with Crippen LogP contribution < -0.4 is 10.6 Å². The topological polar surface area (TPSA) is 42.9 Å². The van der Waals surface area contributed by atoms with Gasteiger partial charge < -0.3 is 15.5 Å². The van der Waals surface area contributed by atoms with E-state index < -0.39 is 0 Å². The predicted octanol–water partition coefficient (Wildman–Crippen LogP) is 4.53. The van der Waals surface area contributed by atoms with Crippen molar-refractivity contribution in [3.8, 4) is 0 Å². The summed E-state index contributed by atoms with van der Waals surface area (Å²) in [4.78, 5) is 9.28. The van der Waals surface area contributed by atoms with Gasteiger partial charge in [0.1, 0.15) is 5.82 Å². The fourth-order valence-corrected chi connectivity index (χ4v) is 4.14. The number of hydrogen-bond donors (Lipinski definition) is 2. The van der Waals surface area contributed by atoms with Gasteiger partial charge in [0.25, 0.3) is 0 Å². The molecular weight excluding hydrogens is 528 g/mol. The van der Waals surface area contributed by atoms with Gasteiger partial charge >= 0.3 is 0 Å². The molecule has 0 radical (unpaired) electrons. The molecule has 182 valence electrons. The van der Waals surface area contributed by atoms with E-state index in [1.807, 2.05) is 31.1 Å². The van der Waals surface area contributed by atoms with Gasteiger partial charge in [0.05, 0.1) is 6.54 Å². The number of rotatable bonds is 8. The van der Waals surface area contributed by atoms with Crippen molar-refractivity contribution in [1.29, 1.82) is 0 Å². The van der Waals surface area contributed by atoms with E-state index in [9.17, 15) is 4.39 Å². The number of aryl methyl sites for hydroxylation is 1. The van der Waals surface area contributed by atoms with Crippen LogP contribution in [0.3, 0.4) is 0 Å². The third kappa shape index (κ3) is 8.87. The molecular formula is C26H39FIN5. The number of halogens is 2. The van der Waals surface area contributed by atoms with Crippen LogP contribution in [0, 0.1) is 12.7 Å². The second-order valence-corrected chi connectivity index (χ2v) is 8.98. The Hall–Kier alpha value is -1.71. The maximum atomic E-state index is 14.1. The third-order valence-corrected chi connectivity index (χ3v) is 5.94. The Morgan fingerprint density at radius 2 is 1.85 bits per heavy atom. The highest BCUT2D eigenvalue weighted by atomic mass is 127. The monoisotopic (exact) mass is 567 g/mol. The van der Waals surface area contributed by atoms with E-state index in [0.717, 1.165) is 50.5 Å². The van der Waals surface area contributed by atoms with Crippen molar-refractivity contribution in [2.24, 2.45) is 4.99 Å². The van der Waals surface area contributed by atoms with Crippen molar-refractivity contribution in [3.63, 3.8) is 0 Å². The van der Waals surface area contributed by atoms with Crippen molar-refractivity contribution in [1.82, 2.24) is 20.4 Å². The molecule has 1 aliphatic heterocycles. The summed E-state index contributed by atoms with van der Waals surface area (Å²) < 4.78 is 14.1. The number of nitrogens with zero attached hydrogens (tertiary/aromatic N) is 3. The third-order valence-electron chi connectivity index (χ3n) is 5.94. The lowest BCUT2D eigenvalue weighted by molar-refractivity contribution is 0.198. The summed E-state index contributed by atoms with van der Waals surface area (Å²) in [5, 5.41) is 6.97. The Morgan fingerprint density at radius 3 is 2.52 bits per heavy atom. The van der Waals surface area contributed by atoms with Gasteiger partial charge in [0.15, 0.2) is 5.96 Å². The number of hydrogen-bond acceptors (Lipinski definition) is 3. The molecule has 1 fully saturated rings. The molecule has 0 bridgehead atoms. The molecule has 33 heavy (non-hydrogen) atoms. The fourth-order valence-electron chi connectivity index (χ4n) is 4.14. The van der Waals surface area contributed by atoms with Crippen LogP contribution in [0.25, 0.3) is 0 Å². The highest BCUT2D eigenvalue weighted by molar-refractivity contribution is 14.0. The Morgan fingerprint density at radius 1 is 1.12 bits per heavy atom. The summed E-state index contributed by atoms with van der Waals surface area (Å²) in [7, 11) is 3.90.